The van der Waals surface area contributed by atoms with Crippen molar-refractivity contribution in [2.75, 3.05) is 13.1 Å². The highest BCUT2D eigenvalue weighted by molar-refractivity contribution is 7.91. The summed E-state index contributed by atoms with van der Waals surface area (Å²) >= 11 is 1.25. The molecule has 1 N–H and O–H groups in total. The van der Waals surface area contributed by atoms with Crippen LogP contribution >= 0.6 is 23.7 Å². The Kier molecular flexibility index (Phi) is 4.52. The second-order valence-electron chi connectivity index (χ2n) is 4.99. The molecule has 3 heterocycles. The molecule has 5 nitrogen and oxygen atoms in total. The number of nitrogens with one attached hydrogen (secondary N) is 1. The third kappa shape index (κ3) is 2.95. The lowest BCUT2D eigenvalue weighted by Gasteiger charge is -2.22. The first-order valence-corrected chi connectivity index (χ1v) is 8.50. The highest BCUT2D eigenvalue weighted by atomic mass is 35.5. The average molecular weight is 324 g/mol. The zero-order chi connectivity index (χ0) is 12.8. The predicted molar refractivity (Wildman–Crippen MR) is 77.4 cm³/mol. The molecule has 0 spiro atoms. The van der Waals surface area contributed by atoms with E-state index in [4.69, 9.17) is 0 Å². The fraction of sp³-hybridized carbons (Fsp3) is 0.727. The van der Waals surface area contributed by atoms with Gasteiger partial charge in [0.15, 0.2) is 4.21 Å². The van der Waals surface area contributed by atoms with Crippen LogP contribution in [0.15, 0.2) is 10.4 Å². The SMILES string of the molecule is Cc1ncc(S(=O)(=O)N2CCC3CCC(C2)N3)s1.Cl. The number of sulfonamides is 1. The van der Waals surface area contributed by atoms with Crippen LogP contribution in [0, 0.1) is 6.92 Å². The van der Waals surface area contributed by atoms with Gasteiger partial charge in [0.05, 0.1) is 11.2 Å². The molecule has 2 atom stereocenters. The second-order valence-corrected chi connectivity index (χ2v) is 8.39. The van der Waals surface area contributed by atoms with Crippen molar-refractivity contribution in [3.05, 3.63) is 11.2 Å². The number of nitrogens with zero attached hydrogens (tertiary/aromatic N) is 2. The van der Waals surface area contributed by atoms with Crippen molar-refractivity contribution >= 4 is 33.8 Å². The van der Waals surface area contributed by atoms with E-state index in [2.05, 4.69) is 10.3 Å². The van der Waals surface area contributed by atoms with E-state index in [9.17, 15) is 8.42 Å². The van der Waals surface area contributed by atoms with Crippen LogP contribution in [-0.2, 0) is 10.0 Å². The van der Waals surface area contributed by atoms with Gasteiger partial charge < -0.3 is 5.32 Å². The van der Waals surface area contributed by atoms with Crippen molar-refractivity contribution in [1.82, 2.24) is 14.6 Å². The largest absolute Gasteiger partial charge is 0.310 e. The summed E-state index contributed by atoms with van der Waals surface area (Å²) in [6.45, 7) is 3.04. The Bertz CT molecular complexity index is 546. The summed E-state index contributed by atoms with van der Waals surface area (Å²) < 4.78 is 27.0. The molecule has 0 aromatic carbocycles. The Morgan fingerprint density at radius 3 is 2.79 bits per heavy atom. The van der Waals surface area contributed by atoms with Gasteiger partial charge in [-0.1, -0.05) is 0 Å². The van der Waals surface area contributed by atoms with Crippen LogP contribution in [0.5, 0.6) is 0 Å². The Balaban J connectivity index is 0.00000133. The summed E-state index contributed by atoms with van der Waals surface area (Å²) in [7, 11) is -3.34. The zero-order valence-corrected chi connectivity index (χ0v) is 13.2. The molecule has 1 aromatic heterocycles. The highest BCUT2D eigenvalue weighted by Crippen LogP contribution is 2.27. The Morgan fingerprint density at radius 1 is 1.37 bits per heavy atom. The van der Waals surface area contributed by atoms with E-state index in [1.54, 1.807) is 4.31 Å². The van der Waals surface area contributed by atoms with E-state index in [-0.39, 0.29) is 12.4 Å². The van der Waals surface area contributed by atoms with Crippen molar-refractivity contribution in [2.24, 2.45) is 0 Å². The molecule has 19 heavy (non-hydrogen) atoms. The van der Waals surface area contributed by atoms with Gasteiger partial charge in [-0.05, 0) is 26.2 Å². The van der Waals surface area contributed by atoms with Crippen molar-refractivity contribution in [1.29, 1.82) is 0 Å². The number of aromatic nitrogens is 1. The van der Waals surface area contributed by atoms with Gasteiger partial charge in [-0.15, -0.1) is 23.7 Å². The summed E-state index contributed by atoms with van der Waals surface area (Å²) in [5.74, 6) is 0. The molecule has 2 saturated heterocycles. The first-order chi connectivity index (χ1) is 8.55. The third-order valence-corrected chi connectivity index (χ3v) is 6.89. The third-order valence-electron chi connectivity index (χ3n) is 3.68. The topological polar surface area (TPSA) is 62.3 Å². The van der Waals surface area contributed by atoms with Gasteiger partial charge in [0.1, 0.15) is 0 Å². The number of aryl methyl sites for hydroxylation is 1. The van der Waals surface area contributed by atoms with Crippen molar-refractivity contribution in [2.45, 2.75) is 42.5 Å². The molecular formula is C11H18ClN3O2S2. The lowest BCUT2D eigenvalue weighted by atomic mass is 10.1. The normalized spacial score (nSPS) is 27.8. The van der Waals surface area contributed by atoms with E-state index in [0.717, 1.165) is 17.8 Å². The van der Waals surface area contributed by atoms with Gasteiger partial charge >= 0.3 is 0 Å². The maximum absolute atomic E-state index is 12.5. The number of halogens is 1. The molecule has 2 unspecified atom stereocenters. The fourth-order valence-electron chi connectivity index (χ4n) is 2.72. The van der Waals surface area contributed by atoms with Crippen LogP contribution in [0.25, 0.3) is 0 Å². The molecule has 0 saturated carbocycles. The number of hydrogen-bond acceptors (Lipinski definition) is 5. The summed E-state index contributed by atoms with van der Waals surface area (Å²) in [6, 6.07) is 0.819. The first kappa shape index (κ1) is 15.2. The average Bonchev–Trinajstić information content (AvgIpc) is 2.85. The van der Waals surface area contributed by atoms with Gasteiger partial charge in [-0.2, -0.15) is 4.31 Å². The van der Waals surface area contributed by atoms with Crippen molar-refractivity contribution in [3.63, 3.8) is 0 Å². The minimum atomic E-state index is -3.34. The van der Waals surface area contributed by atoms with Crippen LogP contribution in [0.3, 0.4) is 0 Å². The molecule has 2 aliphatic rings. The molecule has 0 amide bonds. The lowest BCUT2D eigenvalue weighted by molar-refractivity contribution is 0.384. The van der Waals surface area contributed by atoms with Crippen LogP contribution in [0.2, 0.25) is 0 Å². The Hall–Kier alpha value is -0.210. The molecule has 8 heteroatoms. The molecule has 0 aliphatic carbocycles. The van der Waals surface area contributed by atoms with E-state index in [0.29, 0.717) is 29.4 Å². The Morgan fingerprint density at radius 2 is 2.11 bits per heavy atom. The van der Waals surface area contributed by atoms with Gasteiger partial charge in [0.2, 0.25) is 0 Å². The quantitative estimate of drug-likeness (QED) is 0.893. The molecule has 2 fully saturated rings. The molecule has 0 radical (unpaired) electrons. The number of hydrogen-bond donors (Lipinski definition) is 1. The number of fused-ring (bicyclic) bond motifs is 2. The monoisotopic (exact) mass is 323 g/mol. The Labute approximate surface area is 123 Å². The van der Waals surface area contributed by atoms with Crippen LogP contribution in [-0.4, -0.2) is 42.9 Å². The minimum Gasteiger partial charge on any atom is -0.310 e. The first-order valence-electron chi connectivity index (χ1n) is 6.24. The van der Waals surface area contributed by atoms with Gasteiger partial charge in [-0.25, -0.2) is 13.4 Å². The molecule has 2 aliphatic heterocycles. The molecular weight excluding hydrogens is 306 g/mol. The minimum absolute atomic E-state index is 0. The van der Waals surface area contributed by atoms with Gasteiger partial charge in [-0.3, -0.25) is 0 Å². The predicted octanol–water partition coefficient (Wildman–Crippen LogP) is 1.39. The summed E-state index contributed by atoms with van der Waals surface area (Å²) in [6.07, 6.45) is 4.65. The molecule has 2 bridgehead atoms. The van der Waals surface area contributed by atoms with E-state index in [1.165, 1.54) is 24.0 Å². The van der Waals surface area contributed by atoms with E-state index >= 15 is 0 Å². The maximum Gasteiger partial charge on any atom is 0.254 e. The van der Waals surface area contributed by atoms with Crippen LogP contribution in [0.4, 0.5) is 0 Å². The fourth-order valence-corrected chi connectivity index (χ4v) is 5.48. The lowest BCUT2D eigenvalue weighted by Crippen LogP contribution is -2.38. The van der Waals surface area contributed by atoms with E-state index < -0.39 is 10.0 Å². The second kappa shape index (κ2) is 5.65. The summed E-state index contributed by atoms with van der Waals surface area (Å²) in [5, 5.41) is 4.29. The van der Waals surface area contributed by atoms with Gasteiger partial charge in [0, 0.05) is 25.2 Å². The van der Waals surface area contributed by atoms with Crippen molar-refractivity contribution < 1.29 is 8.42 Å². The zero-order valence-electron chi connectivity index (χ0n) is 10.7. The maximum atomic E-state index is 12.5. The standard InChI is InChI=1S/C11H17N3O2S2.ClH/c1-8-12-6-11(17-8)18(15,16)14-5-4-9-2-3-10(7-14)13-9;/h6,9-10,13H,2-5,7H2,1H3;1H. The van der Waals surface area contributed by atoms with E-state index in [1.807, 2.05) is 6.92 Å². The highest BCUT2D eigenvalue weighted by Gasteiger charge is 2.35. The molecule has 108 valence electrons. The van der Waals surface area contributed by atoms with Crippen LogP contribution in [0.1, 0.15) is 24.3 Å². The number of thiazole rings is 1. The van der Waals surface area contributed by atoms with Gasteiger partial charge in [0.25, 0.3) is 10.0 Å². The number of rotatable bonds is 2. The smallest absolute Gasteiger partial charge is 0.254 e. The molecule has 3 rings (SSSR count). The van der Waals surface area contributed by atoms with Crippen LogP contribution < -0.4 is 5.32 Å². The van der Waals surface area contributed by atoms with Crippen molar-refractivity contribution in [3.8, 4) is 0 Å². The summed E-state index contributed by atoms with van der Waals surface area (Å²) in [4.78, 5) is 4.05. The molecule has 1 aromatic rings. The summed E-state index contributed by atoms with van der Waals surface area (Å²) in [5.41, 5.74) is 0.